The van der Waals surface area contributed by atoms with Crippen LogP contribution < -0.4 is 0 Å². The topological polar surface area (TPSA) is 70.4 Å². The summed E-state index contributed by atoms with van der Waals surface area (Å²) in [6.07, 6.45) is 3.28. The van der Waals surface area contributed by atoms with Gasteiger partial charge in [-0.15, -0.1) is 0 Å². The van der Waals surface area contributed by atoms with Crippen LogP contribution in [0.2, 0.25) is 0 Å². The summed E-state index contributed by atoms with van der Waals surface area (Å²) in [7, 11) is 1.31. The average Bonchev–Trinajstić information content (AvgIpc) is 3.19. The van der Waals surface area contributed by atoms with E-state index in [2.05, 4.69) is 9.72 Å². The van der Waals surface area contributed by atoms with Gasteiger partial charge >= 0.3 is 11.9 Å². The van der Waals surface area contributed by atoms with Gasteiger partial charge in [0.25, 0.3) is 0 Å². The van der Waals surface area contributed by atoms with Crippen LogP contribution in [-0.4, -0.2) is 34.4 Å². The minimum absolute atomic E-state index is 0.0621. The molecule has 6 nitrogen and oxygen atoms in total. The lowest BCUT2D eigenvalue weighted by molar-refractivity contribution is -0.141. The molecular weight excluding hydrogens is 383 g/mol. The maximum atomic E-state index is 13.4. The number of methoxy groups -OCH3 is 1. The molecule has 0 atom stereocenters. The Hall–Kier alpha value is -3.13. The van der Waals surface area contributed by atoms with E-state index in [1.165, 1.54) is 31.0 Å². The third-order valence-electron chi connectivity index (χ3n) is 3.79. The Morgan fingerprint density at radius 1 is 1.18 bits per heavy atom. The molecule has 3 rings (SSSR count). The quantitative estimate of drug-likeness (QED) is 0.446. The average molecular weight is 400 g/mol. The van der Waals surface area contributed by atoms with Crippen molar-refractivity contribution in [3.05, 3.63) is 77.9 Å². The molecule has 28 heavy (non-hydrogen) atoms. The highest BCUT2D eigenvalue weighted by atomic mass is 32.2. The number of hydrogen-bond acceptors (Lipinski definition) is 6. The maximum absolute atomic E-state index is 13.4. The van der Waals surface area contributed by atoms with Crippen LogP contribution in [0.15, 0.2) is 66.1 Å². The first-order chi connectivity index (χ1) is 13.6. The summed E-state index contributed by atoms with van der Waals surface area (Å²) >= 11 is 1.20. The monoisotopic (exact) mass is 400 g/mol. The number of halogens is 1. The lowest BCUT2D eigenvalue weighted by Gasteiger charge is -2.08. The smallest absolute Gasteiger partial charge is 0.337 e. The van der Waals surface area contributed by atoms with E-state index in [1.807, 2.05) is 0 Å². The van der Waals surface area contributed by atoms with E-state index >= 15 is 0 Å². The van der Waals surface area contributed by atoms with Crippen molar-refractivity contribution in [3.8, 4) is 5.69 Å². The molecule has 0 spiro atoms. The van der Waals surface area contributed by atoms with Crippen LogP contribution in [0, 0.1) is 5.82 Å². The molecule has 8 heteroatoms. The van der Waals surface area contributed by atoms with E-state index in [9.17, 15) is 14.0 Å². The summed E-state index contributed by atoms with van der Waals surface area (Å²) in [6, 6.07) is 12.7. The zero-order chi connectivity index (χ0) is 19.9. The molecule has 0 bridgehead atoms. The highest BCUT2D eigenvalue weighted by Crippen LogP contribution is 2.21. The van der Waals surface area contributed by atoms with Crippen LogP contribution in [0.4, 0.5) is 4.39 Å². The van der Waals surface area contributed by atoms with Gasteiger partial charge in [0.05, 0.1) is 24.1 Å². The fourth-order valence-electron chi connectivity index (χ4n) is 2.40. The molecule has 0 radical (unpaired) electrons. The second-order valence-corrected chi connectivity index (χ2v) is 6.64. The minimum atomic E-state index is -0.422. The van der Waals surface area contributed by atoms with Crippen molar-refractivity contribution >= 4 is 23.7 Å². The van der Waals surface area contributed by atoms with Crippen molar-refractivity contribution in [1.29, 1.82) is 0 Å². The van der Waals surface area contributed by atoms with Crippen LogP contribution in [-0.2, 0) is 20.9 Å². The van der Waals surface area contributed by atoms with Gasteiger partial charge in [-0.05, 0) is 35.9 Å². The van der Waals surface area contributed by atoms with Crippen molar-refractivity contribution in [3.63, 3.8) is 0 Å². The number of ether oxygens (including phenoxy) is 2. The molecule has 0 N–H and O–H groups in total. The summed E-state index contributed by atoms with van der Waals surface area (Å²) in [5.41, 5.74) is 1.81. The van der Waals surface area contributed by atoms with Crippen molar-refractivity contribution in [1.82, 2.24) is 9.55 Å². The van der Waals surface area contributed by atoms with Gasteiger partial charge in [0.2, 0.25) is 0 Å². The number of carbonyl (C=O) groups excluding carboxylic acids is 2. The van der Waals surface area contributed by atoms with Gasteiger partial charge < -0.3 is 9.47 Å². The first kappa shape index (κ1) is 19.6. The second kappa shape index (κ2) is 9.18. The van der Waals surface area contributed by atoms with E-state index < -0.39 is 11.9 Å². The molecule has 0 saturated heterocycles. The minimum Gasteiger partial charge on any atom is -0.465 e. The fraction of sp³-hybridized carbons (Fsp3) is 0.150. The second-order valence-electron chi connectivity index (χ2n) is 5.70. The molecule has 2 aromatic carbocycles. The molecule has 0 saturated carbocycles. The highest BCUT2D eigenvalue weighted by molar-refractivity contribution is 7.99. The third-order valence-corrected chi connectivity index (χ3v) is 4.73. The highest BCUT2D eigenvalue weighted by Gasteiger charge is 2.11. The molecule has 0 fully saturated rings. The van der Waals surface area contributed by atoms with Crippen molar-refractivity contribution in [2.75, 3.05) is 12.9 Å². The number of aromatic nitrogens is 2. The molecule has 1 aromatic heterocycles. The van der Waals surface area contributed by atoms with Gasteiger partial charge in [0.1, 0.15) is 12.4 Å². The van der Waals surface area contributed by atoms with Crippen LogP contribution in [0.1, 0.15) is 15.9 Å². The first-order valence-electron chi connectivity index (χ1n) is 8.32. The van der Waals surface area contributed by atoms with E-state index in [0.717, 1.165) is 5.56 Å². The Morgan fingerprint density at radius 3 is 2.68 bits per heavy atom. The van der Waals surface area contributed by atoms with Crippen LogP contribution in [0.25, 0.3) is 5.69 Å². The lowest BCUT2D eigenvalue weighted by atomic mass is 10.1. The summed E-state index contributed by atoms with van der Waals surface area (Å²) in [5.74, 6) is -1.11. The summed E-state index contributed by atoms with van der Waals surface area (Å²) in [6.45, 7) is 0.0964. The third kappa shape index (κ3) is 4.98. The largest absolute Gasteiger partial charge is 0.465 e. The van der Waals surface area contributed by atoms with Crippen molar-refractivity contribution in [2.24, 2.45) is 0 Å². The Morgan fingerprint density at radius 2 is 1.96 bits per heavy atom. The number of esters is 2. The maximum Gasteiger partial charge on any atom is 0.337 e. The predicted molar refractivity (Wildman–Crippen MR) is 102 cm³/mol. The fourth-order valence-corrected chi connectivity index (χ4v) is 3.17. The number of carbonyl (C=O) groups is 2. The Labute approximate surface area is 165 Å². The molecule has 1 heterocycles. The Bertz CT molecular complexity index is 972. The molecular formula is C20H17FN2O4S. The van der Waals surface area contributed by atoms with E-state index in [-0.39, 0.29) is 18.2 Å². The van der Waals surface area contributed by atoms with Gasteiger partial charge in [-0.25, -0.2) is 14.2 Å². The number of rotatable bonds is 7. The zero-order valence-electron chi connectivity index (χ0n) is 15.0. The summed E-state index contributed by atoms with van der Waals surface area (Å²) in [5, 5.41) is 0.560. The Kier molecular flexibility index (Phi) is 6.44. The number of thioether (sulfide) groups is 1. The first-order valence-corrected chi connectivity index (χ1v) is 9.30. The van der Waals surface area contributed by atoms with Gasteiger partial charge in [0, 0.05) is 12.4 Å². The molecule has 0 aliphatic carbocycles. The Balaban J connectivity index is 1.53. The number of benzene rings is 2. The molecule has 144 valence electrons. The lowest BCUT2D eigenvalue weighted by Crippen LogP contribution is -2.08. The van der Waals surface area contributed by atoms with Crippen LogP contribution >= 0.6 is 11.8 Å². The van der Waals surface area contributed by atoms with E-state index in [1.54, 1.807) is 53.4 Å². The van der Waals surface area contributed by atoms with Gasteiger partial charge in [0.15, 0.2) is 5.16 Å². The van der Waals surface area contributed by atoms with Gasteiger partial charge in [-0.2, -0.15) is 0 Å². The van der Waals surface area contributed by atoms with Gasteiger partial charge in [-0.1, -0.05) is 30.0 Å². The number of imidazole rings is 1. The SMILES string of the molecule is COC(=O)c1ccc(COC(=O)CSc2nccn2-c2cccc(F)c2)cc1. The zero-order valence-corrected chi connectivity index (χ0v) is 15.8. The normalized spacial score (nSPS) is 10.5. The molecule has 0 unspecified atom stereocenters. The standard InChI is InChI=1S/C20H17FN2O4S/c1-26-19(25)15-7-5-14(6-8-15)12-27-18(24)13-28-20-22-9-10-23(20)17-4-2-3-16(21)11-17/h2-11H,12-13H2,1H3. The summed E-state index contributed by atoms with van der Waals surface area (Å²) in [4.78, 5) is 27.6. The van der Waals surface area contributed by atoms with Gasteiger partial charge in [-0.3, -0.25) is 9.36 Å². The van der Waals surface area contributed by atoms with E-state index in [0.29, 0.717) is 16.4 Å². The molecule has 0 amide bonds. The summed E-state index contributed by atoms with van der Waals surface area (Å²) < 4.78 is 25.0. The molecule has 0 aliphatic heterocycles. The number of nitrogens with zero attached hydrogens (tertiary/aromatic N) is 2. The number of hydrogen-bond donors (Lipinski definition) is 0. The van der Waals surface area contributed by atoms with Crippen LogP contribution in [0.5, 0.6) is 0 Å². The van der Waals surface area contributed by atoms with Crippen molar-refractivity contribution in [2.45, 2.75) is 11.8 Å². The predicted octanol–water partition coefficient (Wildman–Crippen LogP) is 3.63. The van der Waals surface area contributed by atoms with Crippen molar-refractivity contribution < 1.29 is 23.5 Å². The van der Waals surface area contributed by atoms with E-state index in [4.69, 9.17) is 4.74 Å². The molecule has 3 aromatic rings. The van der Waals surface area contributed by atoms with Crippen LogP contribution in [0.3, 0.4) is 0 Å². The molecule has 0 aliphatic rings.